The fourth-order valence-electron chi connectivity index (χ4n) is 1.57. The van der Waals surface area contributed by atoms with Crippen LogP contribution in [0.3, 0.4) is 0 Å². The van der Waals surface area contributed by atoms with E-state index in [4.69, 9.17) is 0 Å². The quantitative estimate of drug-likeness (QED) is 0.687. The summed E-state index contributed by atoms with van der Waals surface area (Å²) in [5, 5.41) is 5.36. The second-order valence-electron chi connectivity index (χ2n) is 4.76. The van der Waals surface area contributed by atoms with Gasteiger partial charge < -0.3 is 10.6 Å². The number of anilines is 1. The van der Waals surface area contributed by atoms with Crippen molar-refractivity contribution in [1.82, 2.24) is 15.0 Å². The number of nitrogens with zero attached hydrogens (tertiary/aromatic N) is 1. The number of rotatable bonds is 6. The van der Waals surface area contributed by atoms with E-state index in [1.807, 2.05) is 0 Å². The monoisotopic (exact) mass is 378 g/mol. The molecule has 9 heteroatoms. The molecule has 1 amide bonds. The first-order valence-electron chi connectivity index (χ1n) is 6.33. The van der Waals surface area contributed by atoms with E-state index in [1.54, 1.807) is 20.9 Å². The van der Waals surface area contributed by atoms with Gasteiger partial charge in [0.05, 0.1) is 6.04 Å². The second kappa shape index (κ2) is 7.19. The van der Waals surface area contributed by atoms with Gasteiger partial charge >= 0.3 is 0 Å². The number of pyridine rings is 1. The zero-order chi connectivity index (χ0) is 16.2. The molecule has 1 aromatic rings. The van der Waals surface area contributed by atoms with Crippen molar-refractivity contribution in [3.63, 3.8) is 0 Å². The number of halogens is 1. The Labute approximate surface area is 133 Å². The maximum atomic E-state index is 12.4. The lowest BCUT2D eigenvalue weighted by atomic mass is 10.3. The maximum absolute atomic E-state index is 12.4. The summed E-state index contributed by atoms with van der Waals surface area (Å²) in [7, 11) is -2.30. The molecule has 0 aromatic carbocycles. The highest BCUT2D eigenvalue weighted by atomic mass is 79.9. The molecule has 1 unspecified atom stereocenters. The number of aromatic nitrogens is 1. The van der Waals surface area contributed by atoms with Gasteiger partial charge in [-0.3, -0.25) is 4.79 Å². The topological polar surface area (TPSA) is 100 Å². The molecule has 3 N–H and O–H groups in total. The SMILES string of the molecule is CNc1ncc(Br)cc1S(=O)(=O)NC(C)C(=O)NC(C)C. The summed E-state index contributed by atoms with van der Waals surface area (Å²) in [4.78, 5) is 15.8. The van der Waals surface area contributed by atoms with Crippen LogP contribution in [-0.2, 0) is 14.8 Å². The first-order valence-corrected chi connectivity index (χ1v) is 8.61. The predicted molar refractivity (Wildman–Crippen MR) is 84.5 cm³/mol. The van der Waals surface area contributed by atoms with E-state index in [1.165, 1.54) is 19.2 Å². The number of nitrogens with one attached hydrogen (secondary N) is 3. The highest BCUT2D eigenvalue weighted by Gasteiger charge is 2.25. The molecular formula is C12H19BrN4O3S. The third-order valence-corrected chi connectivity index (χ3v) is 4.49. The van der Waals surface area contributed by atoms with Gasteiger partial charge in [0, 0.05) is 23.8 Å². The van der Waals surface area contributed by atoms with Crippen LogP contribution in [0.15, 0.2) is 21.6 Å². The van der Waals surface area contributed by atoms with E-state index in [0.29, 0.717) is 4.47 Å². The largest absolute Gasteiger partial charge is 0.372 e. The van der Waals surface area contributed by atoms with E-state index < -0.39 is 16.1 Å². The van der Waals surface area contributed by atoms with Crippen LogP contribution in [-0.4, -0.2) is 38.4 Å². The average molecular weight is 379 g/mol. The lowest BCUT2D eigenvalue weighted by Gasteiger charge is -2.17. The van der Waals surface area contributed by atoms with E-state index in [-0.39, 0.29) is 22.7 Å². The normalized spacial score (nSPS) is 13.0. The Morgan fingerprint density at radius 1 is 1.33 bits per heavy atom. The smallest absolute Gasteiger partial charge is 0.244 e. The van der Waals surface area contributed by atoms with Crippen molar-refractivity contribution in [3.8, 4) is 0 Å². The summed E-state index contributed by atoms with van der Waals surface area (Å²) in [6, 6.07) is 0.472. The number of carbonyl (C=O) groups excluding carboxylic acids is 1. The molecule has 21 heavy (non-hydrogen) atoms. The Hall–Kier alpha value is -1.19. The summed E-state index contributed by atoms with van der Waals surface area (Å²) in [6.45, 7) is 5.09. The van der Waals surface area contributed by atoms with E-state index in [2.05, 4.69) is 36.3 Å². The van der Waals surface area contributed by atoms with Crippen molar-refractivity contribution in [2.75, 3.05) is 12.4 Å². The summed E-state index contributed by atoms with van der Waals surface area (Å²) >= 11 is 3.18. The van der Waals surface area contributed by atoms with Crippen molar-refractivity contribution < 1.29 is 13.2 Å². The van der Waals surface area contributed by atoms with Crippen LogP contribution >= 0.6 is 15.9 Å². The Kier molecular flexibility index (Phi) is 6.11. The molecule has 1 aromatic heterocycles. The molecule has 0 aliphatic rings. The lowest BCUT2D eigenvalue weighted by Crippen LogP contribution is -2.46. The van der Waals surface area contributed by atoms with Gasteiger partial charge in [0.25, 0.3) is 0 Å². The van der Waals surface area contributed by atoms with Gasteiger partial charge in [-0.1, -0.05) is 0 Å². The molecule has 1 heterocycles. The van der Waals surface area contributed by atoms with Crippen molar-refractivity contribution in [3.05, 3.63) is 16.7 Å². The lowest BCUT2D eigenvalue weighted by molar-refractivity contribution is -0.122. The molecule has 0 saturated heterocycles. The molecule has 0 aliphatic carbocycles. The van der Waals surface area contributed by atoms with Crippen LogP contribution in [0.2, 0.25) is 0 Å². The van der Waals surface area contributed by atoms with E-state index >= 15 is 0 Å². The van der Waals surface area contributed by atoms with Crippen LogP contribution in [0.1, 0.15) is 20.8 Å². The molecule has 0 saturated carbocycles. The maximum Gasteiger partial charge on any atom is 0.244 e. The predicted octanol–water partition coefficient (Wildman–Crippen LogP) is 1.08. The van der Waals surface area contributed by atoms with Crippen molar-refractivity contribution in [1.29, 1.82) is 0 Å². The molecule has 1 rings (SSSR count). The molecule has 0 radical (unpaired) electrons. The number of sulfonamides is 1. The van der Waals surface area contributed by atoms with Crippen molar-refractivity contribution in [2.24, 2.45) is 0 Å². The summed E-state index contributed by atoms with van der Waals surface area (Å²) in [6.07, 6.45) is 1.49. The van der Waals surface area contributed by atoms with Crippen LogP contribution in [0.5, 0.6) is 0 Å². The highest BCUT2D eigenvalue weighted by Crippen LogP contribution is 2.22. The van der Waals surface area contributed by atoms with Gasteiger partial charge in [0.1, 0.15) is 10.7 Å². The molecule has 1 atom stereocenters. The highest BCUT2D eigenvalue weighted by molar-refractivity contribution is 9.10. The number of carbonyl (C=O) groups is 1. The van der Waals surface area contributed by atoms with Gasteiger partial charge in [-0.15, -0.1) is 0 Å². The summed E-state index contributed by atoms with van der Waals surface area (Å²) in [5.74, 6) is -0.176. The molecule has 0 fully saturated rings. The van der Waals surface area contributed by atoms with Gasteiger partial charge in [-0.05, 0) is 42.8 Å². The molecular weight excluding hydrogens is 360 g/mol. The van der Waals surface area contributed by atoms with E-state index in [9.17, 15) is 13.2 Å². The Morgan fingerprint density at radius 3 is 2.48 bits per heavy atom. The number of hydrogen-bond acceptors (Lipinski definition) is 5. The van der Waals surface area contributed by atoms with Crippen LogP contribution in [0.4, 0.5) is 5.82 Å². The third-order valence-electron chi connectivity index (χ3n) is 2.50. The number of amides is 1. The Balaban J connectivity index is 3.02. The van der Waals surface area contributed by atoms with Gasteiger partial charge in [-0.25, -0.2) is 13.4 Å². The zero-order valence-electron chi connectivity index (χ0n) is 12.3. The minimum atomic E-state index is -3.87. The van der Waals surface area contributed by atoms with E-state index in [0.717, 1.165) is 0 Å². The zero-order valence-corrected chi connectivity index (χ0v) is 14.7. The van der Waals surface area contributed by atoms with Gasteiger partial charge in [-0.2, -0.15) is 4.72 Å². The summed E-state index contributed by atoms with van der Waals surface area (Å²) in [5.41, 5.74) is 0. The Morgan fingerprint density at radius 2 is 1.95 bits per heavy atom. The molecule has 0 aliphatic heterocycles. The van der Waals surface area contributed by atoms with Gasteiger partial charge in [0.2, 0.25) is 15.9 Å². The minimum absolute atomic E-state index is 0.0245. The van der Waals surface area contributed by atoms with Crippen LogP contribution in [0, 0.1) is 0 Å². The molecule has 7 nitrogen and oxygen atoms in total. The van der Waals surface area contributed by atoms with Crippen LogP contribution in [0.25, 0.3) is 0 Å². The molecule has 118 valence electrons. The van der Waals surface area contributed by atoms with Crippen molar-refractivity contribution >= 4 is 37.7 Å². The number of hydrogen-bond donors (Lipinski definition) is 3. The average Bonchev–Trinajstić information content (AvgIpc) is 2.37. The first kappa shape index (κ1) is 17.9. The van der Waals surface area contributed by atoms with Crippen molar-refractivity contribution in [2.45, 2.75) is 37.8 Å². The Bertz CT molecular complexity index is 619. The second-order valence-corrected chi connectivity index (χ2v) is 7.35. The molecule has 0 spiro atoms. The standard InChI is InChI=1S/C12H19BrN4O3S/c1-7(2)16-12(18)8(3)17-21(19,20)10-5-9(13)6-15-11(10)14-4/h5-8,17H,1-4H3,(H,14,15)(H,16,18). The fourth-order valence-corrected chi connectivity index (χ4v) is 3.45. The third kappa shape index (κ3) is 4.94. The first-order chi connectivity index (χ1) is 9.67. The molecule has 0 bridgehead atoms. The van der Waals surface area contributed by atoms with Gasteiger partial charge in [0.15, 0.2) is 0 Å². The fraction of sp³-hybridized carbons (Fsp3) is 0.500. The van der Waals surface area contributed by atoms with Crippen LogP contribution < -0.4 is 15.4 Å². The minimum Gasteiger partial charge on any atom is -0.372 e. The summed E-state index contributed by atoms with van der Waals surface area (Å²) < 4.78 is 27.6.